The number of cyclic esters (lactones) is 1. The maximum Gasteiger partial charge on any atom is 0.414 e. The lowest BCUT2D eigenvalue weighted by molar-refractivity contribution is 0.181. The van der Waals surface area contributed by atoms with Crippen LogP contribution in [0.5, 0.6) is 0 Å². The van der Waals surface area contributed by atoms with Crippen molar-refractivity contribution in [2.24, 2.45) is 0 Å². The molecule has 0 aliphatic carbocycles. The van der Waals surface area contributed by atoms with E-state index < -0.39 is 0 Å². The van der Waals surface area contributed by atoms with E-state index >= 15 is 0 Å². The Kier molecular flexibility index (Phi) is 4.82. The van der Waals surface area contributed by atoms with Crippen LogP contribution in [0.15, 0.2) is 71.7 Å². The summed E-state index contributed by atoms with van der Waals surface area (Å²) in [6, 6.07) is 18.7. The lowest BCUT2D eigenvalue weighted by atomic mass is 10.1. The zero-order valence-electron chi connectivity index (χ0n) is 17.7. The van der Waals surface area contributed by atoms with Gasteiger partial charge in [0.1, 0.15) is 6.61 Å². The Morgan fingerprint density at radius 2 is 1.72 bits per heavy atom. The van der Waals surface area contributed by atoms with Crippen LogP contribution in [0.4, 0.5) is 10.5 Å². The third-order valence-corrected chi connectivity index (χ3v) is 5.38. The second-order valence-electron chi connectivity index (χ2n) is 7.63. The van der Waals surface area contributed by atoms with Gasteiger partial charge in [0, 0.05) is 18.0 Å². The number of rotatable bonds is 4. The van der Waals surface area contributed by atoms with E-state index in [1.54, 1.807) is 20.5 Å². The molecule has 1 aliphatic heterocycles. The quantitative estimate of drug-likeness (QED) is 0.496. The molecule has 0 atom stereocenters. The van der Waals surface area contributed by atoms with E-state index in [2.05, 4.69) is 10.2 Å². The third kappa shape index (κ3) is 3.45. The molecule has 0 bridgehead atoms. The smallest absolute Gasteiger partial charge is 0.414 e. The van der Waals surface area contributed by atoms with E-state index in [1.165, 1.54) is 6.07 Å². The zero-order chi connectivity index (χ0) is 22.2. The molecule has 4 aromatic rings. The van der Waals surface area contributed by atoms with Gasteiger partial charge in [0.05, 0.1) is 29.3 Å². The Balaban J connectivity index is 1.58. The van der Waals surface area contributed by atoms with Gasteiger partial charge < -0.3 is 4.74 Å². The first-order valence-corrected chi connectivity index (χ1v) is 10.3. The van der Waals surface area contributed by atoms with Gasteiger partial charge in [-0.15, -0.1) is 0 Å². The molecule has 2 aromatic carbocycles. The van der Waals surface area contributed by atoms with Crippen LogP contribution in [0.2, 0.25) is 0 Å². The van der Waals surface area contributed by atoms with Crippen LogP contribution in [0.25, 0.3) is 22.8 Å². The fourth-order valence-electron chi connectivity index (χ4n) is 3.85. The van der Waals surface area contributed by atoms with Crippen molar-refractivity contribution in [2.45, 2.75) is 13.8 Å². The van der Waals surface area contributed by atoms with Gasteiger partial charge in [0.2, 0.25) is 5.43 Å². The standard InChI is InChI=1S/C24H21N5O3/c1-16-14-19(27-12-13-32-24(27)31)8-9-20(16)28-11-10-22(30)23(26-28)21-15-17(2)25-29(21)18-6-4-3-5-7-18/h3-11,14-15H,12-13H2,1-2H3. The normalized spacial score (nSPS) is 13.4. The molecule has 0 spiro atoms. The second kappa shape index (κ2) is 7.81. The van der Waals surface area contributed by atoms with Gasteiger partial charge in [0.15, 0.2) is 5.69 Å². The summed E-state index contributed by atoms with van der Waals surface area (Å²) in [7, 11) is 0. The van der Waals surface area contributed by atoms with Crippen LogP contribution in [0.1, 0.15) is 11.3 Å². The third-order valence-electron chi connectivity index (χ3n) is 5.38. The minimum Gasteiger partial charge on any atom is -0.447 e. The highest BCUT2D eigenvalue weighted by Gasteiger charge is 2.24. The second-order valence-corrected chi connectivity index (χ2v) is 7.63. The van der Waals surface area contributed by atoms with Crippen LogP contribution in [0, 0.1) is 13.8 Å². The van der Waals surface area contributed by atoms with Gasteiger partial charge in [-0.25, -0.2) is 14.2 Å². The fourth-order valence-corrected chi connectivity index (χ4v) is 3.85. The minimum atomic E-state index is -0.342. The molecule has 3 heterocycles. The Labute approximate surface area is 184 Å². The minimum absolute atomic E-state index is 0.188. The largest absolute Gasteiger partial charge is 0.447 e. The van der Waals surface area contributed by atoms with Crippen molar-refractivity contribution in [2.75, 3.05) is 18.1 Å². The van der Waals surface area contributed by atoms with Gasteiger partial charge in [0.25, 0.3) is 0 Å². The molecule has 0 N–H and O–H groups in total. The van der Waals surface area contributed by atoms with Crippen molar-refractivity contribution in [1.82, 2.24) is 19.6 Å². The molecule has 5 rings (SSSR count). The van der Waals surface area contributed by atoms with E-state index in [0.717, 1.165) is 28.3 Å². The van der Waals surface area contributed by atoms with Crippen molar-refractivity contribution in [1.29, 1.82) is 0 Å². The highest BCUT2D eigenvalue weighted by Crippen LogP contribution is 2.25. The summed E-state index contributed by atoms with van der Waals surface area (Å²) in [6.07, 6.45) is 1.30. The van der Waals surface area contributed by atoms with Crippen molar-refractivity contribution in [3.8, 4) is 22.8 Å². The number of ether oxygens (including phenoxy) is 1. The zero-order valence-corrected chi connectivity index (χ0v) is 17.7. The number of hydrogen-bond donors (Lipinski definition) is 0. The van der Waals surface area contributed by atoms with Crippen LogP contribution in [-0.4, -0.2) is 38.8 Å². The number of aromatic nitrogens is 4. The van der Waals surface area contributed by atoms with Gasteiger partial charge >= 0.3 is 6.09 Å². The van der Waals surface area contributed by atoms with E-state index in [0.29, 0.717) is 24.5 Å². The maximum atomic E-state index is 12.8. The molecule has 1 amide bonds. The number of nitrogens with zero attached hydrogens (tertiary/aromatic N) is 5. The first-order valence-electron chi connectivity index (χ1n) is 10.3. The molecule has 1 saturated heterocycles. The number of anilines is 1. The number of aryl methyl sites for hydroxylation is 2. The van der Waals surface area contributed by atoms with Gasteiger partial charge in [-0.3, -0.25) is 9.69 Å². The SMILES string of the molecule is Cc1cc(-c2nn(-c3ccc(N4CCOC4=O)cc3C)ccc2=O)n(-c2ccccc2)n1. The molecule has 8 heteroatoms. The average Bonchev–Trinajstić information content (AvgIpc) is 3.40. The monoisotopic (exact) mass is 427 g/mol. The lowest BCUT2D eigenvalue weighted by Gasteiger charge is -2.16. The molecule has 1 aliphatic rings. The molecule has 8 nitrogen and oxygen atoms in total. The number of carbonyl (C=O) groups excluding carboxylic acids is 1. The molecule has 0 unspecified atom stereocenters. The fraction of sp³-hybridized carbons (Fsp3) is 0.167. The van der Waals surface area contributed by atoms with E-state index in [-0.39, 0.29) is 11.5 Å². The Bertz CT molecular complexity index is 1370. The van der Waals surface area contributed by atoms with Crippen molar-refractivity contribution < 1.29 is 9.53 Å². The Morgan fingerprint density at radius 3 is 2.44 bits per heavy atom. The summed E-state index contributed by atoms with van der Waals surface area (Å²) in [6.45, 7) is 4.74. The van der Waals surface area contributed by atoms with E-state index in [4.69, 9.17) is 4.74 Å². The number of amides is 1. The first kappa shape index (κ1) is 19.7. The van der Waals surface area contributed by atoms with E-state index in [9.17, 15) is 9.59 Å². The molecule has 0 saturated carbocycles. The predicted octanol–water partition coefficient (Wildman–Crippen LogP) is 3.66. The molecule has 0 radical (unpaired) electrons. The summed E-state index contributed by atoms with van der Waals surface area (Å²) < 4.78 is 8.44. The van der Waals surface area contributed by atoms with Crippen molar-refractivity contribution >= 4 is 11.8 Å². The Morgan fingerprint density at radius 1 is 0.906 bits per heavy atom. The highest BCUT2D eigenvalue weighted by molar-refractivity contribution is 5.89. The first-order chi connectivity index (χ1) is 15.5. The molecular weight excluding hydrogens is 406 g/mol. The number of hydrogen-bond acceptors (Lipinski definition) is 5. The summed E-state index contributed by atoms with van der Waals surface area (Å²) in [5.41, 5.74) is 4.89. The number of benzene rings is 2. The maximum absolute atomic E-state index is 12.8. The van der Waals surface area contributed by atoms with Gasteiger partial charge in [-0.1, -0.05) is 18.2 Å². The summed E-state index contributed by atoms with van der Waals surface area (Å²) in [4.78, 5) is 26.2. The lowest BCUT2D eigenvalue weighted by Crippen LogP contribution is -2.23. The highest BCUT2D eigenvalue weighted by atomic mass is 16.6. The van der Waals surface area contributed by atoms with Crippen molar-refractivity contribution in [3.63, 3.8) is 0 Å². The molecular formula is C24H21N5O3. The van der Waals surface area contributed by atoms with Crippen LogP contribution < -0.4 is 10.3 Å². The van der Waals surface area contributed by atoms with Gasteiger partial charge in [-0.05, 0) is 55.8 Å². The summed E-state index contributed by atoms with van der Waals surface area (Å²) in [5.74, 6) is 0. The van der Waals surface area contributed by atoms with E-state index in [1.807, 2.05) is 68.4 Å². The number of carbonyl (C=O) groups is 1. The predicted molar refractivity (Wildman–Crippen MR) is 121 cm³/mol. The molecule has 160 valence electrons. The number of para-hydroxylation sites is 1. The van der Waals surface area contributed by atoms with Crippen LogP contribution >= 0.6 is 0 Å². The topological polar surface area (TPSA) is 82.3 Å². The summed E-state index contributed by atoms with van der Waals surface area (Å²) >= 11 is 0. The molecule has 32 heavy (non-hydrogen) atoms. The Hall–Kier alpha value is -4.20. The van der Waals surface area contributed by atoms with Crippen LogP contribution in [0.3, 0.4) is 0 Å². The van der Waals surface area contributed by atoms with Gasteiger partial charge in [-0.2, -0.15) is 10.2 Å². The van der Waals surface area contributed by atoms with Crippen molar-refractivity contribution in [3.05, 3.63) is 88.3 Å². The molecule has 1 fully saturated rings. The average molecular weight is 427 g/mol. The summed E-state index contributed by atoms with van der Waals surface area (Å²) in [5, 5.41) is 9.21. The molecule has 2 aromatic heterocycles. The van der Waals surface area contributed by atoms with Crippen LogP contribution in [-0.2, 0) is 4.74 Å².